The van der Waals surface area contributed by atoms with E-state index in [0.717, 1.165) is 12.8 Å². The fourth-order valence-electron chi connectivity index (χ4n) is 1.78. The Labute approximate surface area is 106 Å². The minimum atomic E-state index is -0.130. The summed E-state index contributed by atoms with van der Waals surface area (Å²) >= 11 is 0. The molecule has 102 valence electrons. The molecule has 0 unspecified atom stereocenters. The van der Waals surface area contributed by atoms with E-state index in [4.69, 9.17) is 4.84 Å². The number of hydroxylamine groups is 1. The predicted molar refractivity (Wildman–Crippen MR) is 71.6 cm³/mol. The normalized spacial score (nSPS) is 10.5. The molecule has 0 rings (SSSR count). The number of nitrogens with one attached hydrogen (secondary N) is 1. The third-order valence-corrected chi connectivity index (χ3v) is 2.81. The molecule has 1 N–H and O–H groups in total. The van der Waals surface area contributed by atoms with E-state index in [1.54, 1.807) is 0 Å². The van der Waals surface area contributed by atoms with Crippen LogP contribution in [0.2, 0.25) is 0 Å². The molecule has 0 aromatic carbocycles. The van der Waals surface area contributed by atoms with Crippen LogP contribution in [-0.4, -0.2) is 12.5 Å². The van der Waals surface area contributed by atoms with Crippen LogP contribution in [0.4, 0.5) is 0 Å². The summed E-state index contributed by atoms with van der Waals surface area (Å²) in [6, 6.07) is 0. The van der Waals surface area contributed by atoms with Gasteiger partial charge in [-0.3, -0.25) is 4.79 Å². The zero-order valence-electron chi connectivity index (χ0n) is 11.6. The number of carbonyl (C=O) groups excluding carboxylic acids is 1. The highest BCUT2D eigenvalue weighted by Gasteiger charge is 2.01. The Morgan fingerprint density at radius 2 is 1.41 bits per heavy atom. The second-order valence-electron chi connectivity index (χ2n) is 4.55. The van der Waals surface area contributed by atoms with Gasteiger partial charge in [-0.2, -0.15) is 5.48 Å². The molecule has 0 atom stereocenters. The Bertz CT molecular complexity index is 172. The van der Waals surface area contributed by atoms with Crippen molar-refractivity contribution < 1.29 is 9.63 Å². The maximum absolute atomic E-state index is 11.1. The van der Waals surface area contributed by atoms with Crippen molar-refractivity contribution >= 4 is 5.97 Å². The third kappa shape index (κ3) is 13.4. The summed E-state index contributed by atoms with van der Waals surface area (Å²) in [5, 5.41) is 0. The third-order valence-electron chi connectivity index (χ3n) is 2.81. The number of hydrogen-bond acceptors (Lipinski definition) is 3. The summed E-state index contributed by atoms with van der Waals surface area (Å²) in [7, 11) is 0. The fraction of sp³-hybridized carbons (Fsp3) is 0.929. The summed E-state index contributed by atoms with van der Waals surface area (Å²) in [4.78, 5) is 15.9. The van der Waals surface area contributed by atoms with Crippen LogP contribution in [0.3, 0.4) is 0 Å². The molecule has 0 heterocycles. The second kappa shape index (κ2) is 13.5. The molecule has 0 aliphatic rings. The smallest absolute Gasteiger partial charge is 0.324 e. The van der Waals surface area contributed by atoms with Gasteiger partial charge in [0.2, 0.25) is 0 Å². The first kappa shape index (κ1) is 16.4. The fourth-order valence-corrected chi connectivity index (χ4v) is 1.78. The Hall–Kier alpha value is -0.570. The topological polar surface area (TPSA) is 38.3 Å². The van der Waals surface area contributed by atoms with E-state index in [9.17, 15) is 4.79 Å². The van der Waals surface area contributed by atoms with E-state index in [2.05, 4.69) is 12.4 Å². The Kier molecular flexibility index (Phi) is 13.0. The van der Waals surface area contributed by atoms with Gasteiger partial charge in [-0.15, -0.1) is 0 Å². The molecular weight excluding hydrogens is 214 g/mol. The highest BCUT2D eigenvalue weighted by Crippen LogP contribution is 2.10. The number of unbranched alkanes of at least 4 members (excludes halogenated alkanes) is 8. The lowest BCUT2D eigenvalue weighted by Gasteiger charge is -2.03. The quantitative estimate of drug-likeness (QED) is 0.416. The van der Waals surface area contributed by atoms with Crippen LogP contribution in [-0.2, 0) is 9.63 Å². The first-order chi connectivity index (χ1) is 8.31. The number of carbonyl (C=O) groups is 1. The van der Waals surface area contributed by atoms with Crippen molar-refractivity contribution in [2.45, 2.75) is 78.1 Å². The van der Waals surface area contributed by atoms with Crippen LogP contribution in [0.15, 0.2) is 0 Å². The molecule has 0 aromatic rings. The number of hydrogen-bond donors (Lipinski definition) is 1. The van der Waals surface area contributed by atoms with Crippen molar-refractivity contribution in [1.29, 1.82) is 0 Å². The molecule has 0 saturated heterocycles. The van der Waals surface area contributed by atoms with Gasteiger partial charge in [-0.25, -0.2) is 0 Å². The van der Waals surface area contributed by atoms with Gasteiger partial charge >= 0.3 is 5.97 Å². The summed E-state index contributed by atoms with van der Waals surface area (Å²) in [6.45, 7) is 4.82. The maximum Gasteiger partial charge on any atom is 0.324 e. The predicted octanol–water partition coefficient (Wildman–Crippen LogP) is 3.98. The van der Waals surface area contributed by atoms with Gasteiger partial charge in [-0.1, -0.05) is 58.3 Å². The van der Waals surface area contributed by atoms with Crippen molar-refractivity contribution in [2.75, 3.05) is 6.54 Å². The molecule has 3 heteroatoms. The highest BCUT2D eigenvalue weighted by molar-refractivity contribution is 5.68. The van der Waals surface area contributed by atoms with Crippen LogP contribution >= 0.6 is 0 Å². The van der Waals surface area contributed by atoms with Crippen molar-refractivity contribution in [2.24, 2.45) is 0 Å². The van der Waals surface area contributed by atoms with Crippen LogP contribution in [0, 0.1) is 0 Å². The monoisotopic (exact) mass is 243 g/mol. The van der Waals surface area contributed by atoms with Crippen molar-refractivity contribution in [3.05, 3.63) is 0 Å². The Morgan fingerprint density at radius 1 is 0.882 bits per heavy atom. The summed E-state index contributed by atoms with van der Waals surface area (Å²) in [5.74, 6) is -0.130. The van der Waals surface area contributed by atoms with Gasteiger partial charge in [0, 0.05) is 13.0 Å². The largest absolute Gasteiger partial charge is 0.371 e. The average molecular weight is 243 g/mol. The summed E-state index contributed by atoms with van der Waals surface area (Å²) in [5.41, 5.74) is 2.58. The lowest BCUT2D eigenvalue weighted by Crippen LogP contribution is -2.18. The standard InChI is InChI=1S/C14H29NO2/c1-3-5-6-7-8-9-10-11-12-13-14(16)17-15-4-2/h15H,3-13H2,1-2H3. The Balaban J connectivity index is 3.05. The van der Waals surface area contributed by atoms with Gasteiger partial charge < -0.3 is 4.84 Å². The average Bonchev–Trinajstić information content (AvgIpc) is 2.34. The second-order valence-corrected chi connectivity index (χ2v) is 4.55. The number of rotatable bonds is 12. The maximum atomic E-state index is 11.1. The van der Waals surface area contributed by atoms with Crippen molar-refractivity contribution in [3.63, 3.8) is 0 Å². The van der Waals surface area contributed by atoms with Gasteiger partial charge in [-0.05, 0) is 13.3 Å². The lowest BCUT2D eigenvalue weighted by atomic mass is 10.1. The molecular formula is C14H29NO2. The van der Waals surface area contributed by atoms with Gasteiger partial charge in [0.1, 0.15) is 0 Å². The van der Waals surface area contributed by atoms with Crippen molar-refractivity contribution in [1.82, 2.24) is 5.48 Å². The lowest BCUT2D eigenvalue weighted by molar-refractivity contribution is -0.151. The molecule has 0 saturated carbocycles. The molecule has 0 bridgehead atoms. The van der Waals surface area contributed by atoms with Crippen LogP contribution in [0.1, 0.15) is 78.1 Å². The summed E-state index contributed by atoms with van der Waals surface area (Å²) < 4.78 is 0. The van der Waals surface area contributed by atoms with E-state index in [-0.39, 0.29) is 5.97 Å². The zero-order chi connectivity index (χ0) is 12.8. The Morgan fingerprint density at radius 3 is 1.94 bits per heavy atom. The molecule has 17 heavy (non-hydrogen) atoms. The highest BCUT2D eigenvalue weighted by atomic mass is 16.7. The van der Waals surface area contributed by atoms with E-state index in [1.807, 2.05) is 6.92 Å². The van der Waals surface area contributed by atoms with Gasteiger partial charge in [0.15, 0.2) is 0 Å². The molecule has 0 aromatic heterocycles. The molecule has 0 radical (unpaired) electrons. The minimum Gasteiger partial charge on any atom is -0.371 e. The first-order valence-corrected chi connectivity index (χ1v) is 7.23. The zero-order valence-corrected chi connectivity index (χ0v) is 11.6. The molecule has 0 aliphatic carbocycles. The molecule has 0 fully saturated rings. The van der Waals surface area contributed by atoms with Crippen LogP contribution < -0.4 is 5.48 Å². The van der Waals surface area contributed by atoms with Gasteiger partial charge in [0.05, 0.1) is 0 Å². The molecule has 0 spiro atoms. The first-order valence-electron chi connectivity index (χ1n) is 7.23. The van der Waals surface area contributed by atoms with E-state index >= 15 is 0 Å². The van der Waals surface area contributed by atoms with E-state index < -0.39 is 0 Å². The van der Waals surface area contributed by atoms with Crippen LogP contribution in [0.25, 0.3) is 0 Å². The molecule has 0 amide bonds. The SMILES string of the molecule is CCCCCCCCCCCC(=O)ONCC. The van der Waals surface area contributed by atoms with Crippen LogP contribution in [0.5, 0.6) is 0 Å². The van der Waals surface area contributed by atoms with Gasteiger partial charge in [0.25, 0.3) is 0 Å². The minimum absolute atomic E-state index is 0.130. The molecule has 3 nitrogen and oxygen atoms in total. The van der Waals surface area contributed by atoms with E-state index in [0.29, 0.717) is 13.0 Å². The summed E-state index contributed by atoms with van der Waals surface area (Å²) in [6.07, 6.45) is 12.0. The van der Waals surface area contributed by atoms with E-state index in [1.165, 1.54) is 44.9 Å². The van der Waals surface area contributed by atoms with Crippen molar-refractivity contribution in [3.8, 4) is 0 Å². The molecule has 0 aliphatic heterocycles.